The lowest BCUT2D eigenvalue weighted by Gasteiger charge is -2.12. The van der Waals surface area contributed by atoms with Gasteiger partial charge in [0, 0.05) is 24.5 Å². The summed E-state index contributed by atoms with van der Waals surface area (Å²) in [6.07, 6.45) is 2.72. The first-order valence-electron chi connectivity index (χ1n) is 8.26. The van der Waals surface area contributed by atoms with Crippen LogP contribution in [0, 0.1) is 11.6 Å². The lowest BCUT2D eigenvalue weighted by Crippen LogP contribution is -2.28. The molecule has 0 atom stereocenters. The van der Waals surface area contributed by atoms with Crippen molar-refractivity contribution in [3.05, 3.63) is 70.8 Å². The van der Waals surface area contributed by atoms with Crippen molar-refractivity contribution in [1.29, 1.82) is 0 Å². The smallest absolute Gasteiger partial charge is 0.325 e. The molecule has 8 nitrogen and oxygen atoms in total. The molecule has 2 aromatic carbocycles. The molecule has 1 aromatic heterocycles. The van der Waals surface area contributed by atoms with E-state index in [0.717, 1.165) is 12.1 Å². The number of rotatable bonds is 5. The van der Waals surface area contributed by atoms with Crippen LogP contribution >= 0.6 is 0 Å². The SMILES string of the molecule is COc1ccc(-n2ccnc(NC(=O)Nc3ccc(F)cc3F)c2=O)cc1OC. The Morgan fingerprint density at radius 1 is 1.03 bits per heavy atom. The molecule has 29 heavy (non-hydrogen) atoms. The number of hydrogen-bond acceptors (Lipinski definition) is 5. The molecule has 3 rings (SSSR count). The van der Waals surface area contributed by atoms with Gasteiger partial charge in [0.05, 0.1) is 25.6 Å². The van der Waals surface area contributed by atoms with Gasteiger partial charge >= 0.3 is 6.03 Å². The first-order valence-corrected chi connectivity index (χ1v) is 8.26. The fourth-order valence-electron chi connectivity index (χ4n) is 2.53. The maximum atomic E-state index is 13.7. The molecule has 10 heteroatoms. The first-order chi connectivity index (χ1) is 13.9. The first kappa shape index (κ1) is 19.8. The average Bonchev–Trinajstić information content (AvgIpc) is 2.71. The third kappa shape index (κ3) is 4.32. The van der Waals surface area contributed by atoms with Crippen LogP contribution in [0.4, 0.5) is 25.1 Å². The van der Waals surface area contributed by atoms with Crippen LogP contribution in [-0.2, 0) is 0 Å². The standard InChI is InChI=1S/C19H16F2N4O4/c1-28-15-6-4-12(10-16(15)29-2)25-8-7-22-17(18(25)26)24-19(27)23-14-5-3-11(20)9-13(14)21/h3-10H,1-2H3,(H2,22,23,24,27). The molecule has 0 fully saturated rings. The van der Waals surface area contributed by atoms with Crippen molar-refractivity contribution < 1.29 is 23.0 Å². The maximum Gasteiger partial charge on any atom is 0.325 e. The van der Waals surface area contributed by atoms with Crippen LogP contribution in [0.15, 0.2) is 53.6 Å². The van der Waals surface area contributed by atoms with Crippen LogP contribution in [0.25, 0.3) is 5.69 Å². The van der Waals surface area contributed by atoms with Gasteiger partial charge in [-0.05, 0) is 24.3 Å². The fourth-order valence-corrected chi connectivity index (χ4v) is 2.53. The van der Waals surface area contributed by atoms with E-state index in [1.54, 1.807) is 18.2 Å². The minimum Gasteiger partial charge on any atom is -0.493 e. The lowest BCUT2D eigenvalue weighted by atomic mass is 10.2. The van der Waals surface area contributed by atoms with E-state index in [0.29, 0.717) is 23.3 Å². The van der Waals surface area contributed by atoms with Gasteiger partial charge in [0.15, 0.2) is 11.5 Å². The van der Waals surface area contributed by atoms with Gasteiger partial charge in [-0.25, -0.2) is 18.6 Å². The van der Waals surface area contributed by atoms with E-state index < -0.39 is 23.2 Å². The summed E-state index contributed by atoms with van der Waals surface area (Å²) in [5.74, 6) is -1.13. The van der Waals surface area contributed by atoms with E-state index in [2.05, 4.69) is 15.6 Å². The molecule has 3 aromatic rings. The van der Waals surface area contributed by atoms with Crippen LogP contribution in [0.2, 0.25) is 0 Å². The summed E-state index contributed by atoms with van der Waals surface area (Å²) in [7, 11) is 2.95. The second kappa shape index (κ2) is 8.38. The molecule has 0 saturated heterocycles. The fraction of sp³-hybridized carbons (Fsp3) is 0.105. The number of aromatic nitrogens is 2. The molecule has 0 aliphatic heterocycles. The summed E-state index contributed by atoms with van der Waals surface area (Å²) in [4.78, 5) is 28.6. The van der Waals surface area contributed by atoms with E-state index in [9.17, 15) is 18.4 Å². The quantitative estimate of drug-likeness (QED) is 0.684. The number of nitrogens with zero attached hydrogens (tertiary/aromatic N) is 2. The van der Waals surface area contributed by atoms with Crippen LogP contribution in [-0.4, -0.2) is 29.8 Å². The predicted molar refractivity (Wildman–Crippen MR) is 102 cm³/mol. The average molecular weight is 402 g/mol. The van der Waals surface area contributed by atoms with E-state index in [1.165, 1.54) is 31.2 Å². The number of methoxy groups -OCH3 is 2. The minimum atomic E-state index is -0.955. The van der Waals surface area contributed by atoms with Gasteiger partial charge in [-0.2, -0.15) is 0 Å². The lowest BCUT2D eigenvalue weighted by molar-refractivity contribution is 0.262. The number of ether oxygens (including phenoxy) is 2. The van der Waals surface area contributed by atoms with Crippen LogP contribution in [0.1, 0.15) is 0 Å². The second-order valence-corrected chi connectivity index (χ2v) is 5.69. The van der Waals surface area contributed by atoms with Crippen molar-refractivity contribution in [2.75, 3.05) is 24.9 Å². The predicted octanol–water partition coefficient (Wildman–Crippen LogP) is 3.17. The van der Waals surface area contributed by atoms with E-state index in [4.69, 9.17) is 9.47 Å². The number of carbonyl (C=O) groups is 1. The van der Waals surface area contributed by atoms with Gasteiger partial charge in [0.1, 0.15) is 11.6 Å². The van der Waals surface area contributed by atoms with E-state index in [-0.39, 0.29) is 11.5 Å². The van der Waals surface area contributed by atoms with Crippen molar-refractivity contribution in [1.82, 2.24) is 9.55 Å². The molecular formula is C19H16F2N4O4. The third-order valence-electron chi connectivity index (χ3n) is 3.90. The molecular weight excluding hydrogens is 386 g/mol. The number of hydrogen-bond donors (Lipinski definition) is 2. The van der Waals surface area contributed by atoms with Crippen molar-refractivity contribution in [2.45, 2.75) is 0 Å². The van der Waals surface area contributed by atoms with Crippen molar-refractivity contribution >= 4 is 17.5 Å². The number of benzene rings is 2. The summed E-state index contributed by atoms with van der Waals surface area (Å²) in [5.41, 5.74) is -0.433. The monoisotopic (exact) mass is 402 g/mol. The third-order valence-corrected chi connectivity index (χ3v) is 3.90. The minimum absolute atomic E-state index is 0.250. The molecule has 0 bridgehead atoms. The highest BCUT2D eigenvalue weighted by Crippen LogP contribution is 2.28. The Bertz CT molecular complexity index is 1120. The van der Waals surface area contributed by atoms with Crippen molar-refractivity contribution in [3.8, 4) is 17.2 Å². The van der Waals surface area contributed by atoms with Gasteiger partial charge in [0.2, 0.25) is 5.82 Å². The summed E-state index contributed by atoms with van der Waals surface area (Å²) in [6, 6.07) is 6.59. The maximum absolute atomic E-state index is 13.7. The van der Waals surface area contributed by atoms with E-state index in [1.807, 2.05) is 0 Å². The molecule has 0 aliphatic carbocycles. The zero-order valence-corrected chi connectivity index (χ0v) is 15.4. The molecule has 2 N–H and O–H groups in total. The normalized spacial score (nSPS) is 10.3. The zero-order chi connectivity index (χ0) is 21.0. The van der Waals surface area contributed by atoms with Crippen LogP contribution in [0.3, 0.4) is 0 Å². The zero-order valence-electron chi connectivity index (χ0n) is 15.4. The van der Waals surface area contributed by atoms with Crippen LogP contribution < -0.4 is 25.7 Å². The number of anilines is 2. The number of nitrogens with one attached hydrogen (secondary N) is 2. The Balaban J connectivity index is 1.85. The highest BCUT2D eigenvalue weighted by Gasteiger charge is 2.13. The number of carbonyl (C=O) groups excluding carboxylic acids is 1. The van der Waals surface area contributed by atoms with Crippen LogP contribution in [0.5, 0.6) is 11.5 Å². The Morgan fingerprint density at radius 3 is 2.48 bits per heavy atom. The molecule has 0 aliphatic rings. The van der Waals surface area contributed by atoms with Gasteiger partial charge < -0.3 is 14.8 Å². The topological polar surface area (TPSA) is 94.5 Å². The summed E-state index contributed by atoms with van der Waals surface area (Å²) >= 11 is 0. The van der Waals surface area contributed by atoms with Crippen molar-refractivity contribution in [2.24, 2.45) is 0 Å². The molecule has 2 amide bonds. The number of amides is 2. The summed E-state index contributed by atoms with van der Waals surface area (Å²) < 4.78 is 38.2. The Hall–Kier alpha value is -3.95. The van der Waals surface area contributed by atoms with E-state index >= 15 is 0 Å². The highest BCUT2D eigenvalue weighted by atomic mass is 19.1. The molecule has 0 radical (unpaired) electrons. The van der Waals surface area contributed by atoms with Crippen molar-refractivity contribution in [3.63, 3.8) is 0 Å². The molecule has 1 heterocycles. The Labute approximate surface area is 163 Å². The van der Waals surface area contributed by atoms with Gasteiger partial charge in [-0.3, -0.25) is 14.7 Å². The van der Waals surface area contributed by atoms with Gasteiger partial charge in [0.25, 0.3) is 5.56 Å². The second-order valence-electron chi connectivity index (χ2n) is 5.69. The number of urea groups is 1. The number of halogens is 2. The highest BCUT2D eigenvalue weighted by molar-refractivity contribution is 5.99. The largest absolute Gasteiger partial charge is 0.493 e. The molecule has 0 saturated carbocycles. The van der Waals surface area contributed by atoms with Gasteiger partial charge in [-0.1, -0.05) is 0 Å². The molecule has 150 valence electrons. The summed E-state index contributed by atoms with van der Waals surface area (Å²) in [5, 5.41) is 4.44. The van der Waals surface area contributed by atoms with Gasteiger partial charge in [-0.15, -0.1) is 0 Å². The molecule has 0 spiro atoms. The Kier molecular flexibility index (Phi) is 5.72. The Morgan fingerprint density at radius 2 is 1.79 bits per heavy atom. The molecule has 0 unspecified atom stereocenters. The summed E-state index contributed by atoms with van der Waals surface area (Å²) in [6.45, 7) is 0.